The van der Waals surface area contributed by atoms with Crippen molar-refractivity contribution >= 4 is 22.4 Å². The highest BCUT2D eigenvalue weighted by atomic mass is 32.1. The van der Waals surface area contributed by atoms with Crippen molar-refractivity contribution in [3.63, 3.8) is 0 Å². The summed E-state index contributed by atoms with van der Waals surface area (Å²) in [6.07, 6.45) is 5.43. The Kier molecular flexibility index (Phi) is 4.35. The first-order valence-electron chi connectivity index (χ1n) is 5.79. The maximum absolute atomic E-state index is 11.7. The van der Waals surface area contributed by atoms with Gasteiger partial charge in [0.05, 0.1) is 0 Å². The van der Waals surface area contributed by atoms with E-state index in [-0.39, 0.29) is 5.91 Å². The molecule has 0 aliphatic rings. The molecule has 6 heteroatoms. The van der Waals surface area contributed by atoms with Crippen molar-refractivity contribution in [2.45, 2.75) is 26.2 Å². The number of hydrogen-bond acceptors (Lipinski definition) is 5. The van der Waals surface area contributed by atoms with E-state index in [0.29, 0.717) is 18.0 Å². The Balaban J connectivity index is 1.82. The third-order valence-electron chi connectivity index (χ3n) is 2.41. The van der Waals surface area contributed by atoms with Gasteiger partial charge in [-0.2, -0.15) is 0 Å². The highest BCUT2D eigenvalue weighted by Crippen LogP contribution is 2.15. The molecule has 1 amide bonds. The van der Waals surface area contributed by atoms with Crippen molar-refractivity contribution in [1.82, 2.24) is 15.2 Å². The molecule has 0 spiro atoms. The van der Waals surface area contributed by atoms with Gasteiger partial charge in [-0.05, 0) is 30.5 Å². The number of amides is 1. The van der Waals surface area contributed by atoms with E-state index in [1.165, 1.54) is 11.3 Å². The molecule has 1 N–H and O–H groups in total. The van der Waals surface area contributed by atoms with E-state index in [1.54, 1.807) is 12.4 Å². The molecular formula is C12H14N4OS. The van der Waals surface area contributed by atoms with Crippen molar-refractivity contribution < 1.29 is 4.79 Å². The Labute approximate surface area is 109 Å². The van der Waals surface area contributed by atoms with Gasteiger partial charge < -0.3 is 5.32 Å². The van der Waals surface area contributed by atoms with Crippen LogP contribution in [0.5, 0.6) is 0 Å². The van der Waals surface area contributed by atoms with Crippen LogP contribution in [-0.2, 0) is 17.6 Å². The Morgan fingerprint density at radius 3 is 2.78 bits per heavy atom. The van der Waals surface area contributed by atoms with Crippen LogP contribution in [0.1, 0.15) is 23.9 Å². The number of aryl methyl sites for hydroxylation is 2. The molecule has 0 aliphatic carbocycles. The molecule has 18 heavy (non-hydrogen) atoms. The molecule has 0 aromatic carbocycles. The second-order valence-corrected chi connectivity index (χ2v) is 4.82. The zero-order valence-electron chi connectivity index (χ0n) is 10.1. The van der Waals surface area contributed by atoms with Gasteiger partial charge in [0.2, 0.25) is 11.0 Å². The van der Waals surface area contributed by atoms with E-state index >= 15 is 0 Å². The summed E-state index contributed by atoms with van der Waals surface area (Å²) in [5, 5.41) is 12.1. The molecule has 0 saturated carbocycles. The molecule has 2 aromatic rings. The van der Waals surface area contributed by atoms with E-state index < -0.39 is 0 Å². The van der Waals surface area contributed by atoms with Crippen LogP contribution in [0, 0.1) is 0 Å². The molecule has 0 aliphatic heterocycles. The number of carbonyl (C=O) groups is 1. The molecule has 5 nitrogen and oxygen atoms in total. The molecule has 0 saturated heterocycles. The molecule has 0 fully saturated rings. The fourth-order valence-electron chi connectivity index (χ4n) is 1.44. The second-order valence-electron chi connectivity index (χ2n) is 3.76. The van der Waals surface area contributed by atoms with Gasteiger partial charge in [0.25, 0.3) is 0 Å². The fourth-order valence-corrected chi connectivity index (χ4v) is 2.13. The quantitative estimate of drug-likeness (QED) is 0.895. The summed E-state index contributed by atoms with van der Waals surface area (Å²) < 4.78 is 0. The number of hydrogen-bond donors (Lipinski definition) is 1. The average molecular weight is 262 g/mol. The summed E-state index contributed by atoms with van der Waals surface area (Å²) in [6, 6.07) is 3.82. The molecule has 0 atom stereocenters. The van der Waals surface area contributed by atoms with Crippen LogP contribution in [0.3, 0.4) is 0 Å². The molecule has 0 unspecified atom stereocenters. The Bertz CT molecular complexity index is 512. The maximum atomic E-state index is 11.7. The lowest BCUT2D eigenvalue weighted by atomic mass is 10.1. The normalized spacial score (nSPS) is 10.3. The molecule has 2 heterocycles. The van der Waals surface area contributed by atoms with Crippen LogP contribution in [-0.4, -0.2) is 21.1 Å². The predicted molar refractivity (Wildman–Crippen MR) is 70.5 cm³/mol. The molecule has 0 bridgehead atoms. The minimum atomic E-state index is -0.0365. The number of nitrogens with zero attached hydrogens (tertiary/aromatic N) is 3. The smallest absolute Gasteiger partial charge is 0.226 e. The van der Waals surface area contributed by atoms with Crippen molar-refractivity contribution in [2.75, 3.05) is 5.32 Å². The third kappa shape index (κ3) is 3.59. The van der Waals surface area contributed by atoms with E-state index in [9.17, 15) is 4.79 Å². The lowest BCUT2D eigenvalue weighted by molar-refractivity contribution is -0.116. The lowest BCUT2D eigenvalue weighted by Crippen LogP contribution is -2.12. The van der Waals surface area contributed by atoms with Gasteiger partial charge in [0, 0.05) is 18.8 Å². The monoisotopic (exact) mass is 262 g/mol. The van der Waals surface area contributed by atoms with Crippen LogP contribution in [0.25, 0.3) is 0 Å². The highest BCUT2D eigenvalue weighted by Gasteiger charge is 2.07. The van der Waals surface area contributed by atoms with Gasteiger partial charge in [-0.15, -0.1) is 10.2 Å². The van der Waals surface area contributed by atoms with Crippen molar-refractivity contribution in [1.29, 1.82) is 0 Å². The summed E-state index contributed by atoms with van der Waals surface area (Å²) in [5.41, 5.74) is 1.10. The number of anilines is 1. The number of pyridine rings is 1. The van der Waals surface area contributed by atoms with E-state index in [2.05, 4.69) is 20.5 Å². The number of rotatable bonds is 5. The van der Waals surface area contributed by atoms with Crippen LogP contribution in [0.2, 0.25) is 0 Å². The molecule has 94 valence electrons. The van der Waals surface area contributed by atoms with Crippen LogP contribution >= 0.6 is 11.3 Å². The summed E-state index contributed by atoms with van der Waals surface area (Å²) >= 11 is 1.42. The number of carbonyl (C=O) groups excluding carboxylic acids is 1. The largest absolute Gasteiger partial charge is 0.301 e. The highest BCUT2D eigenvalue weighted by molar-refractivity contribution is 7.15. The predicted octanol–water partition coefficient (Wildman–Crippen LogP) is 2.07. The number of aromatic nitrogens is 3. The molecular weight excluding hydrogens is 248 g/mol. The van der Waals surface area contributed by atoms with Gasteiger partial charge in [0.1, 0.15) is 5.01 Å². The molecule has 0 radical (unpaired) electrons. The number of nitrogens with one attached hydrogen (secondary N) is 1. The standard InChI is InChI=1S/C12H14N4OS/c1-2-11-15-16-12(18-11)14-10(17)4-3-9-5-7-13-8-6-9/h5-8H,2-4H2,1H3,(H,14,16,17). The van der Waals surface area contributed by atoms with E-state index in [1.807, 2.05) is 19.1 Å². The SMILES string of the molecule is CCc1nnc(NC(=O)CCc2ccncc2)s1. The minimum Gasteiger partial charge on any atom is -0.301 e. The summed E-state index contributed by atoms with van der Waals surface area (Å²) in [5.74, 6) is -0.0365. The van der Waals surface area contributed by atoms with Crippen molar-refractivity contribution in [3.8, 4) is 0 Å². The Morgan fingerprint density at radius 1 is 1.33 bits per heavy atom. The van der Waals surface area contributed by atoms with Gasteiger partial charge >= 0.3 is 0 Å². The summed E-state index contributed by atoms with van der Waals surface area (Å²) in [7, 11) is 0. The molecule has 2 aromatic heterocycles. The first kappa shape index (κ1) is 12.6. The van der Waals surface area contributed by atoms with E-state index in [4.69, 9.17) is 0 Å². The first-order valence-corrected chi connectivity index (χ1v) is 6.60. The fraction of sp³-hybridized carbons (Fsp3) is 0.333. The van der Waals surface area contributed by atoms with E-state index in [0.717, 1.165) is 17.0 Å². The Hall–Kier alpha value is -1.82. The minimum absolute atomic E-state index is 0.0365. The van der Waals surface area contributed by atoms with Gasteiger partial charge in [-0.3, -0.25) is 9.78 Å². The maximum Gasteiger partial charge on any atom is 0.226 e. The zero-order chi connectivity index (χ0) is 12.8. The van der Waals surface area contributed by atoms with Crippen molar-refractivity contribution in [3.05, 3.63) is 35.1 Å². The Morgan fingerprint density at radius 2 is 2.11 bits per heavy atom. The first-order chi connectivity index (χ1) is 8.78. The lowest BCUT2D eigenvalue weighted by Gasteiger charge is -2.01. The summed E-state index contributed by atoms with van der Waals surface area (Å²) in [6.45, 7) is 2.01. The van der Waals surface area contributed by atoms with Crippen LogP contribution < -0.4 is 5.32 Å². The van der Waals surface area contributed by atoms with Gasteiger partial charge in [0.15, 0.2) is 0 Å². The van der Waals surface area contributed by atoms with Crippen LogP contribution in [0.4, 0.5) is 5.13 Å². The van der Waals surface area contributed by atoms with Gasteiger partial charge in [-0.1, -0.05) is 18.3 Å². The second kappa shape index (κ2) is 6.20. The van der Waals surface area contributed by atoms with Gasteiger partial charge in [-0.25, -0.2) is 0 Å². The zero-order valence-corrected chi connectivity index (χ0v) is 10.9. The summed E-state index contributed by atoms with van der Waals surface area (Å²) in [4.78, 5) is 15.6. The van der Waals surface area contributed by atoms with Crippen LogP contribution in [0.15, 0.2) is 24.5 Å². The average Bonchev–Trinajstić information content (AvgIpc) is 2.85. The molecule has 2 rings (SSSR count). The van der Waals surface area contributed by atoms with Crippen molar-refractivity contribution in [2.24, 2.45) is 0 Å². The topological polar surface area (TPSA) is 67.8 Å². The third-order valence-corrected chi connectivity index (χ3v) is 3.39.